The first-order valence-corrected chi connectivity index (χ1v) is 8.85. The Labute approximate surface area is 160 Å². The van der Waals surface area contributed by atoms with Gasteiger partial charge in [-0.25, -0.2) is 18.3 Å². The lowest BCUT2D eigenvalue weighted by Crippen LogP contribution is -2.41. The Balaban J connectivity index is 1.56. The third-order valence-corrected chi connectivity index (χ3v) is 4.83. The lowest BCUT2D eigenvalue weighted by molar-refractivity contribution is 0.182. The molecule has 1 aliphatic heterocycles. The monoisotopic (exact) mass is 387 g/mol. The number of benzene rings is 1. The van der Waals surface area contributed by atoms with Gasteiger partial charge in [-0.1, -0.05) is 0 Å². The summed E-state index contributed by atoms with van der Waals surface area (Å²) in [6.07, 6.45) is 1.92. The molecule has 7 nitrogen and oxygen atoms in total. The molecule has 1 aliphatic rings. The average Bonchev–Trinajstić information content (AvgIpc) is 2.68. The van der Waals surface area contributed by atoms with E-state index in [4.69, 9.17) is 5.26 Å². The Kier molecular flexibility index (Phi) is 5.68. The van der Waals surface area contributed by atoms with Crippen molar-refractivity contribution in [1.29, 1.82) is 5.26 Å². The number of nitrogens with one attached hydrogen (secondary N) is 1. The van der Waals surface area contributed by atoms with Crippen LogP contribution in [0.4, 0.5) is 19.4 Å². The highest BCUT2D eigenvalue weighted by molar-refractivity contribution is 5.88. The first kappa shape index (κ1) is 19.5. The molecule has 0 saturated carbocycles. The molecule has 2 amide bonds. The number of hydrogen-bond acceptors (Lipinski definition) is 4. The largest absolute Gasteiger partial charge is 0.324 e. The standard InChI is InChI=1S/C19H19F2N5O2/c1-25-17(27)3-2-16(24-25)23-19(28)26-6-4-12(5-7-26)8-13-9-14(11-22)18(21)15(20)10-13/h2-3,9-10,12H,4-8H2,1H3,(H,23,24,28). The molecule has 0 atom stereocenters. The highest BCUT2D eigenvalue weighted by Crippen LogP contribution is 2.24. The van der Waals surface area contributed by atoms with E-state index >= 15 is 0 Å². The number of halogens is 2. The van der Waals surface area contributed by atoms with Gasteiger partial charge >= 0.3 is 6.03 Å². The van der Waals surface area contributed by atoms with Crippen molar-refractivity contribution in [3.05, 3.63) is 57.4 Å². The van der Waals surface area contributed by atoms with Crippen LogP contribution in [0.15, 0.2) is 29.1 Å². The zero-order valence-electron chi connectivity index (χ0n) is 15.3. The molecule has 0 spiro atoms. The molecule has 0 aliphatic carbocycles. The van der Waals surface area contributed by atoms with Crippen molar-refractivity contribution in [2.75, 3.05) is 18.4 Å². The number of aromatic nitrogens is 2. The number of amides is 2. The van der Waals surface area contributed by atoms with Crippen molar-refractivity contribution in [2.24, 2.45) is 13.0 Å². The molecular weight excluding hydrogens is 368 g/mol. The highest BCUT2D eigenvalue weighted by atomic mass is 19.2. The molecular formula is C19H19F2N5O2. The van der Waals surface area contributed by atoms with Crippen LogP contribution in [-0.2, 0) is 13.5 Å². The van der Waals surface area contributed by atoms with Crippen LogP contribution in [0.2, 0.25) is 0 Å². The van der Waals surface area contributed by atoms with E-state index in [2.05, 4.69) is 10.4 Å². The van der Waals surface area contributed by atoms with Crippen LogP contribution in [0.25, 0.3) is 0 Å². The molecule has 3 rings (SSSR count). The van der Waals surface area contributed by atoms with Crippen LogP contribution in [0.5, 0.6) is 0 Å². The molecule has 1 aromatic carbocycles. The van der Waals surface area contributed by atoms with E-state index in [9.17, 15) is 18.4 Å². The fourth-order valence-electron chi connectivity index (χ4n) is 3.28. The summed E-state index contributed by atoms with van der Waals surface area (Å²) in [6.45, 7) is 1.02. The normalized spacial score (nSPS) is 14.6. The van der Waals surface area contributed by atoms with E-state index in [0.717, 1.165) is 10.7 Å². The lowest BCUT2D eigenvalue weighted by Gasteiger charge is -2.32. The minimum atomic E-state index is -1.12. The predicted molar refractivity (Wildman–Crippen MR) is 97.6 cm³/mol. The molecule has 0 radical (unpaired) electrons. The summed E-state index contributed by atoms with van der Waals surface area (Å²) in [4.78, 5) is 25.3. The van der Waals surface area contributed by atoms with Gasteiger partial charge in [-0.05, 0) is 48.9 Å². The van der Waals surface area contributed by atoms with Crippen LogP contribution in [-0.4, -0.2) is 33.8 Å². The molecule has 1 fully saturated rings. The second-order valence-electron chi connectivity index (χ2n) is 6.80. The SMILES string of the molecule is Cn1nc(NC(=O)N2CCC(Cc3cc(F)c(F)c(C#N)c3)CC2)ccc1=O. The number of anilines is 1. The number of nitrogens with zero attached hydrogens (tertiary/aromatic N) is 4. The second-order valence-corrected chi connectivity index (χ2v) is 6.80. The van der Waals surface area contributed by atoms with Crippen molar-refractivity contribution >= 4 is 11.8 Å². The molecule has 0 unspecified atom stereocenters. The summed E-state index contributed by atoms with van der Waals surface area (Å²) >= 11 is 0. The fourth-order valence-corrected chi connectivity index (χ4v) is 3.28. The number of nitriles is 1. The molecule has 2 aromatic rings. The molecule has 2 heterocycles. The molecule has 9 heteroatoms. The average molecular weight is 387 g/mol. The summed E-state index contributed by atoms with van der Waals surface area (Å²) in [6, 6.07) is 6.64. The van der Waals surface area contributed by atoms with Crippen molar-refractivity contribution < 1.29 is 13.6 Å². The zero-order chi connectivity index (χ0) is 20.3. The minimum Gasteiger partial charge on any atom is -0.324 e. The first-order chi connectivity index (χ1) is 13.4. The number of piperidine rings is 1. The highest BCUT2D eigenvalue weighted by Gasteiger charge is 2.24. The Hall–Kier alpha value is -3.28. The van der Waals surface area contributed by atoms with Crippen LogP contribution >= 0.6 is 0 Å². The number of aryl methyl sites for hydroxylation is 1. The number of urea groups is 1. The Morgan fingerprint density at radius 3 is 2.68 bits per heavy atom. The van der Waals surface area contributed by atoms with Gasteiger partial charge in [-0.15, -0.1) is 0 Å². The quantitative estimate of drug-likeness (QED) is 0.876. The van der Waals surface area contributed by atoms with E-state index in [1.807, 2.05) is 0 Å². The Morgan fingerprint density at radius 2 is 2.04 bits per heavy atom. The summed E-state index contributed by atoms with van der Waals surface area (Å²) in [5.74, 6) is -1.64. The topological polar surface area (TPSA) is 91.0 Å². The van der Waals surface area contributed by atoms with Gasteiger partial charge in [0.05, 0.1) is 5.56 Å². The maximum Gasteiger partial charge on any atom is 0.323 e. The van der Waals surface area contributed by atoms with Crippen molar-refractivity contribution in [1.82, 2.24) is 14.7 Å². The van der Waals surface area contributed by atoms with Crippen LogP contribution in [0, 0.1) is 28.9 Å². The minimum absolute atomic E-state index is 0.205. The maximum absolute atomic E-state index is 13.6. The van der Waals surface area contributed by atoms with Gasteiger partial charge in [0.25, 0.3) is 5.56 Å². The van der Waals surface area contributed by atoms with Gasteiger partial charge in [-0.3, -0.25) is 10.1 Å². The summed E-state index contributed by atoms with van der Waals surface area (Å²) < 4.78 is 28.2. The van der Waals surface area contributed by atoms with Gasteiger partial charge in [0, 0.05) is 26.2 Å². The fraction of sp³-hybridized carbons (Fsp3) is 0.368. The predicted octanol–water partition coefficient (Wildman–Crippen LogP) is 2.42. The molecule has 146 valence electrons. The number of carbonyl (C=O) groups is 1. The molecule has 28 heavy (non-hydrogen) atoms. The molecule has 1 saturated heterocycles. The van der Waals surface area contributed by atoms with Gasteiger partial charge < -0.3 is 4.90 Å². The van der Waals surface area contributed by atoms with E-state index in [1.54, 1.807) is 11.0 Å². The lowest BCUT2D eigenvalue weighted by atomic mass is 9.89. The van der Waals surface area contributed by atoms with Gasteiger partial charge in [-0.2, -0.15) is 10.4 Å². The van der Waals surface area contributed by atoms with Gasteiger partial charge in [0.15, 0.2) is 17.5 Å². The Morgan fingerprint density at radius 1 is 1.32 bits per heavy atom. The second kappa shape index (κ2) is 8.17. The summed E-state index contributed by atoms with van der Waals surface area (Å²) in [5.41, 5.74) is 0.0138. The molecule has 1 N–H and O–H groups in total. The molecule has 1 aromatic heterocycles. The van der Waals surface area contributed by atoms with Crippen LogP contribution in [0.3, 0.4) is 0 Å². The van der Waals surface area contributed by atoms with E-state index in [-0.39, 0.29) is 23.1 Å². The van der Waals surface area contributed by atoms with Gasteiger partial charge in [0.2, 0.25) is 0 Å². The van der Waals surface area contributed by atoms with E-state index in [0.29, 0.717) is 43.7 Å². The molecule has 0 bridgehead atoms. The van der Waals surface area contributed by atoms with Crippen LogP contribution < -0.4 is 10.9 Å². The third-order valence-electron chi connectivity index (χ3n) is 4.83. The van der Waals surface area contributed by atoms with Crippen molar-refractivity contribution in [2.45, 2.75) is 19.3 Å². The van der Waals surface area contributed by atoms with Crippen LogP contribution in [0.1, 0.15) is 24.0 Å². The number of likely N-dealkylation sites (tertiary alicyclic amines) is 1. The zero-order valence-corrected chi connectivity index (χ0v) is 15.3. The number of carbonyl (C=O) groups excluding carboxylic acids is 1. The van der Waals surface area contributed by atoms with E-state index in [1.165, 1.54) is 25.2 Å². The number of rotatable bonds is 3. The summed E-state index contributed by atoms with van der Waals surface area (Å²) in [5, 5.41) is 15.5. The summed E-state index contributed by atoms with van der Waals surface area (Å²) in [7, 11) is 1.50. The first-order valence-electron chi connectivity index (χ1n) is 8.85. The maximum atomic E-state index is 13.6. The number of hydrogen-bond donors (Lipinski definition) is 1. The van der Waals surface area contributed by atoms with Gasteiger partial charge in [0.1, 0.15) is 6.07 Å². The smallest absolute Gasteiger partial charge is 0.323 e. The van der Waals surface area contributed by atoms with Crippen molar-refractivity contribution in [3.63, 3.8) is 0 Å². The third kappa shape index (κ3) is 4.34. The van der Waals surface area contributed by atoms with E-state index < -0.39 is 11.6 Å². The Bertz CT molecular complexity index is 991. The van der Waals surface area contributed by atoms with Crippen molar-refractivity contribution in [3.8, 4) is 6.07 Å².